The van der Waals surface area contributed by atoms with Gasteiger partial charge in [0, 0.05) is 11.8 Å². The second-order valence-electron chi connectivity index (χ2n) is 5.63. The Kier molecular flexibility index (Phi) is 3.62. The Labute approximate surface area is 129 Å². The molecule has 0 aliphatic carbocycles. The highest BCUT2D eigenvalue weighted by atomic mass is 19.4. The second kappa shape index (κ2) is 5.36. The van der Waals surface area contributed by atoms with E-state index in [0.29, 0.717) is 16.5 Å². The number of nitrogens with one attached hydrogen (secondary N) is 1. The number of fused-ring (bicyclic) bond motifs is 1. The van der Waals surface area contributed by atoms with Crippen LogP contribution in [-0.2, 0) is 16.1 Å². The number of halogens is 3. The van der Waals surface area contributed by atoms with E-state index in [9.17, 15) is 22.8 Å². The van der Waals surface area contributed by atoms with Crippen molar-refractivity contribution >= 4 is 22.7 Å². The number of benzene rings is 1. The molecule has 1 atom stereocenters. The number of hydrogen-bond acceptors (Lipinski definition) is 3. The first-order chi connectivity index (χ1) is 10.8. The molecule has 2 aromatic rings. The molecular formula is C15H14F3N3O2. The number of carbonyl (C=O) groups is 2. The normalized spacial score (nSPS) is 19.2. The first kappa shape index (κ1) is 15.5. The molecule has 1 aromatic carbocycles. The Morgan fingerprint density at radius 3 is 2.74 bits per heavy atom. The largest absolute Gasteiger partial charge is 0.408 e. The van der Waals surface area contributed by atoms with Crippen molar-refractivity contribution in [3.63, 3.8) is 0 Å². The molecule has 1 unspecified atom stereocenters. The smallest absolute Gasteiger partial charge is 0.296 e. The zero-order valence-corrected chi connectivity index (χ0v) is 12.3. The number of para-hydroxylation sites is 1. The number of alkyl halides is 3. The summed E-state index contributed by atoms with van der Waals surface area (Å²) >= 11 is 0. The lowest BCUT2D eigenvalue weighted by Crippen LogP contribution is -2.39. The molecule has 0 radical (unpaired) electrons. The fourth-order valence-electron chi connectivity index (χ4n) is 2.94. The van der Waals surface area contributed by atoms with Gasteiger partial charge in [-0.2, -0.15) is 18.3 Å². The molecule has 122 valence electrons. The van der Waals surface area contributed by atoms with Crippen LogP contribution in [-0.4, -0.2) is 27.8 Å². The van der Waals surface area contributed by atoms with E-state index >= 15 is 0 Å². The Bertz CT molecular complexity index is 795. The standard InChI is InChI=1S/C15H14F3N3O2/c1-8-3-2-4-9-12(10-5-6-11(22)19-14(10)23)20-21(13(8)9)7-15(16,17)18/h2-4,10H,5-7H2,1H3,(H,19,22,23). The minimum atomic E-state index is -4.41. The number of rotatable bonds is 2. The molecule has 2 heterocycles. The highest BCUT2D eigenvalue weighted by molar-refractivity contribution is 6.02. The lowest BCUT2D eigenvalue weighted by atomic mass is 9.92. The molecule has 0 bridgehead atoms. The van der Waals surface area contributed by atoms with Gasteiger partial charge in [-0.05, 0) is 18.9 Å². The molecule has 0 saturated carbocycles. The minimum absolute atomic E-state index is 0.149. The third-order valence-corrected chi connectivity index (χ3v) is 3.90. The second-order valence-corrected chi connectivity index (χ2v) is 5.63. The van der Waals surface area contributed by atoms with Crippen molar-refractivity contribution in [3.8, 4) is 0 Å². The van der Waals surface area contributed by atoms with Gasteiger partial charge in [-0.3, -0.25) is 19.6 Å². The van der Waals surface area contributed by atoms with Gasteiger partial charge in [0.05, 0.1) is 17.1 Å². The summed E-state index contributed by atoms with van der Waals surface area (Å²) in [7, 11) is 0. The number of piperidine rings is 1. The molecule has 1 fully saturated rings. The molecule has 1 saturated heterocycles. The van der Waals surface area contributed by atoms with Crippen LogP contribution in [0.25, 0.3) is 10.9 Å². The predicted molar refractivity (Wildman–Crippen MR) is 75.6 cm³/mol. The van der Waals surface area contributed by atoms with E-state index in [1.807, 2.05) is 0 Å². The van der Waals surface area contributed by atoms with Crippen LogP contribution >= 0.6 is 0 Å². The molecule has 2 amide bonds. The quantitative estimate of drug-likeness (QED) is 0.863. The average molecular weight is 325 g/mol. The monoisotopic (exact) mass is 325 g/mol. The van der Waals surface area contributed by atoms with Crippen molar-refractivity contribution in [2.24, 2.45) is 0 Å². The minimum Gasteiger partial charge on any atom is -0.296 e. The van der Waals surface area contributed by atoms with Crippen molar-refractivity contribution in [2.45, 2.75) is 38.4 Å². The lowest BCUT2D eigenvalue weighted by molar-refractivity contribution is -0.141. The number of carbonyl (C=O) groups excluding carboxylic acids is 2. The highest BCUT2D eigenvalue weighted by Gasteiger charge is 2.34. The zero-order chi connectivity index (χ0) is 16.8. The number of imide groups is 1. The summed E-state index contributed by atoms with van der Waals surface area (Å²) in [6, 6.07) is 5.07. The summed E-state index contributed by atoms with van der Waals surface area (Å²) in [5.41, 5.74) is 1.31. The van der Waals surface area contributed by atoms with E-state index < -0.39 is 24.5 Å². The Morgan fingerprint density at radius 2 is 2.09 bits per heavy atom. The van der Waals surface area contributed by atoms with Gasteiger partial charge in [0.15, 0.2) is 0 Å². The predicted octanol–water partition coefficient (Wildman–Crippen LogP) is 2.43. The van der Waals surface area contributed by atoms with Crippen LogP contribution in [0.15, 0.2) is 18.2 Å². The summed E-state index contributed by atoms with van der Waals surface area (Å²) in [5.74, 6) is -1.60. The first-order valence-electron chi connectivity index (χ1n) is 7.13. The molecular weight excluding hydrogens is 311 g/mol. The fraction of sp³-hybridized carbons (Fsp3) is 0.400. The average Bonchev–Trinajstić information content (AvgIpc) is 2.77. The van der Waals surface area contributed by atoms with E-state index in [-0.39, 0.29) is 24.4 Å². The Balaban J connectivity index is 2.13. The van der Waals surface area contributed by atoms with E-state index in [1.165, 1.54) is 0 Å². The van der Waals surface area contributed by atoms with Gasteiger partial charge in [-0.15, -0.1) is 0 Å². The Hall–Kier alpha value is -2.38. The molecule has 1 aliphatic heterocycles. The first-order valence-corrected chi connectivity index (χ1v) is 7.13. The van der Waals surface area contributed by atoms with Crippen molar-refractivity contribution < 1.29 is 22.8 Å². The Morgan fingerprint density at radius 1 is 1.35 bits per heavy atom. The van der Waals surface area contributed by atoms with Crippen molar-refractivity contribution in [2.75, 3.05) is 0 Å². The summed E-state index contributed by atoms with van der Waals surface area (Å²) in [5, 5.41) is 6.79. The van der Waals surface area contributed by atoms with Gasteiger partial charge in [0.1, 0.15) is 6.54 Å². The maximum atomic E-state index is 12.8. The molecule has 1 N–H and O–H groups in total. The molecule has 5 nitrogen and oxygen atoms in total. The van der Waals surface area contributed by atoms with E-state index in [2.05, 4.69) is 10.4 Å². The van der Waals surface area contributed by atoms with Crippen molar-refractivity contribution in [3.05, 3.63) is 29.5 Å². The SMILES string of the molecule is Cc1cccc2c(C3CCC(=O)NC3=O)nn(CC(F)(F)F)c12. The van der Waals surface area contributed by atoms with Crippen LogP contribution in [0.3, 0.4) is 0 Å². The van der Waals surface area contributed by atoms with Crippen LogP contribution in [0, 0.1) is 6.92 Å². The van der Waals surface area contributed by atoms with Crippen LogP contribution in [0.1, 0.15) is 30.0 Å². The molecule has 3 rings (SSSR count). The lowest BCUT2D eigenvalue weighted by Gasteiger charge is -2.19. The van der Waals surface area contributed by atoms with Crippen molar-refractivity contribution in [1.82, 2.24) is 15.1 Å². The van der Waals surface area contributed by atoms with Gasteiger partial charge >= 0.3 is 6.18 Å². The summed E-state index contributed by atoms with van der Waals surface area (Å²) in [6.45, 7) is 0.479. The maximum Gasteiger partial charge on any atom is 0.408 e. The zero-order valence-electron chi connectivity index (χ0n) is 12.3. The van der Waals surface area contributed by atoms with Crippen molar-refractivity contribution in [1.29, 1.82) is 0 Å². The van der Waals surface area contributed by atoms with Gasteiger partial charge < -0.3 is 0 Å². The van der Waals surface area contributed by atoms with Crippen LogP contribution < -0.4 is 5.32 Å². The van der Waals surface area contributed by atoms with Crippen LogP contribution in [0.2, 0.25) is 0 Å². The third-order valence-electron chi connectivity index (χ3n) is 3.90. The van der Waals surface area contributed by atoms with E-state index in [4.69, 9.17) is 0 Å². The van der Waals surface area contributed by atoms with Crippen LogP contribution in [0.5, 0.6) is 0 Å². The highest BCUT2D eigenvalue weighted by Crippen LogP contribution is 2.33. The molecule has 23 heavy (non-hydrogen) atoms. The number of aromatic nitrogens is 2. The van der Waals surface area contributed by atoms with Gasteiger partial charge in [0.2, 0.25) is 11.8 Å². The molecule has 0 spiro atoms. The number of aryl methyl sites for hydroxylation is 1. The van der Waals surface area contributed by atoms with E-state index in [1.54, 1.807) is 25.1 Å². The fourth-order valence-corrected chi connectivity index (χ4v) is 2.94. The molecule has 8 heteroatoms. The van der Waals surface area contributed by atoms with Gasteiger partial charge in [0.25, 0.3) is 0 Å². The summed E-state index contributed by atoms with van der Waals surface area (Å²) in [4.78, 5) is 23.3. The van der Waals surface area contributed by atoms with E-state index in [0.717, 1.165) is 4.68 Å². The third kappa shape index (κ3) is 2.93. The summed E-state index contributed by atoms with van der Waals surface area (Å²) < 4.78 is 39.3. The molecule has 1 aliphatic rings. The molecule has 1 aromatic heterocycles. The van der Waals surface area contributed by atoms with Crippen LogP contribution in [0.4, 0.5) is 13.2 Å². The maximum absolute atomic E-state index is 12.8. The summed E-state index contributed by atoms with van der Waals surface area (Å²) in [6.07, 6.45) is -4.02. The van der Waals surface area contributed by atoms with Gasteiger partial charge in [-0.25, -0.2) is 0 Å². The van der Waals surface area contributed by atoms with Gasteiger partial charge in [-0.1, -0.05) is 18.2 Å². The number of amides is 2. The topological polar surface area (TPSA) is 64.0 Å². The number of nitrogens with zero attached hydrogens (tertiary/aromatic N) is 2. The number of hydrogen-bond donors (Lipinski definition) is 1.